The highest BCUT2D eigenvalue weighted by molar-refractivity contribution is 4.76. The molecule has 85 valence electrons. The summed E-state index contributed by atoms with van der Waals surface area (Å²) in [4.78, 5) is 3.75. The lowest BCUT2D eigenvalue weighted by Gasteiger charge is -2.08. The van der Waals surface area contributed by atoms with Crippen molar-refractivity contribution in [1.29, 1.82) is 0 Å². The van der Waals surface area contributed by atoms with E-state index in [0.717, 1.165) is 32.6 Å². The Balaban J connectivity index is 1.94. The molecule has 0 bridgehead atoms. The number of halogens is 2. The van der Waals surface area contributed by atoms with Gasteiger partial charge >= 0.3 is 6.39 Å². The second-order valence-corrected chi connectivity index (χ2v) is 3.79. The molecule has 0 saturated carbocycles. The van der Waals surface area contributed by atoms with Gasteiger partial charge in [-0.25, -0.2) is 8.78 Å². The molecule has 0 spiro atoms. The van der Waals surface area contributed by atoms with Gasteiger partial charge in [-0.3, -0.25) is 0 Å². The normalized spacial score (nSPS) is 11.9. The van der Waals surface area contributed by atoms with Crippen LogP contribution in [0, 0.1) is 6.39 Å². The van der Waals surface area contributed by atoms with Crippen LogP contribution in [0.4, 0.5) is 8.78 Å². The van der Waals surface area contributed by atoms with E-state index in [2.05, 4.69) is 21.1 Å². The molecule has 0 aliphatic carbocycles. The Labute approximate surface area is 87.9 Å². The lowest BCUT2D eigenvalue weighted by Crippen LogP contribution is -2.08. The lowest BCUT2D eigenvalue weighted by atomic mass is 10.1. The molecule has 15 heavy (non-hydrogen) atoms. The molecule has 3 nitrogen and oxygen atoms in total. The van der Waals surface area contributed by atoms with Gasteiger partial charge in [0.15, 0.2) is 5.82 Å². The van der Waals surface area contributed by atoms with Crippen LogP contribution in [0.5, 0.6) is 0 Å². The predicted molar refractivity (Wildman–Crippen MR) is 50.5 cm³/mol. The van der Waals surface area contributed by atoms with Crippen molar-refractivity contribution in [3.63, 3.8) is 0 Å². The Morgan fingerprint density at radius 1 is 1.27 bits per heavy atom. The van der Waals surface area contributed by atoms with Gasteiger partial charge in [0.2, 0.25) is 5.92 Å². The van der Waals surface area contributed by atoms with Gasteiger partial charge in [-0.2, -0.15) is 4.98 Å². The molecule has 0 amide bonds. The second-order valence-electron chi connectivity index (χ2n) is 3.79. The summed E-state index contributed by atoms with van der Waals surface area (Å²) in [7, 11) is 0. The lowest BCUT2D eigenvalue weighted by molar-refractivity contribution is 0.0103. The number of hydrogen-bond donors (Lipinski definition) is 0. The van der Waals surface area contributed by atoms with E-state index in [4.69, 9.17) is 0 Å². The largest absolute Gasteiger partial charge is 0.329 e. The summed E-state index contributed by atoms with van der Waals surface area (Å²) in [6.07, 6.45) is 6.20. The predicted octanol–water partition coefficient (Wildman–Crippen LogP) is 3.02. The fraction of sp³-hybridized carbons (Fsp3) is 0.800. The van der Waals surface area contributed by atoms with Crippen molar-refractivity contribution in [2.75, 3.05) is 0 Å². The molecule has 5 heteroatoms. The molecule has 0 aromatic carbocycles. The molecule has 0 fully saturated rings. The number of rotatable bonds is 7. The van der Waals surface area contributed by atoms with E-state index in [1.165, 1.54) is 0 Å². The quantitative estimate of drug-likeness (QED) is 0.659. The molecule has 1 heterocycles. The molecule has 0 saturated heterocycles. The van der Waals surface area contributed by atoms with Crippen molar-refractivity contribution in [2.24, 2.45) is 0 Å². The van der Waals surface area contributed by atoms with Gasteiger partial charge in [0.05, 0.1) is 0 Å². The molecule has 0 N–H and O–H groups in total. The number of hydrogen-bond acceptors (Lipinski definition) is 3. The van der Waals surface area contributed by atoms with E-state index >= 15 is 0 Å². The van der Waals surface area contributed by atoms with Gasteiger partial charge in [0, 0.05) is 12.8 Å². The maximum atomic E-state index is 12.4. The zero-order valence-electron chi connectivity index (χ0n) is 8.80. The van der Waals surface area contributed by atoms with Crippen molar-refractivity contribution < 1.29 is 13.3 Å². The zero-order chi connectivity index (χ0) is 11.1. The van der Waals surface area contributed by atoms with Gasteiger partial charge in [0.25, 0.3) is 0 Å². The summed E-state index contributed by atoms with van der Waals surface area (Å²) >= 11 is 0. The molecule has 0 unspecified atom stereocenters. The third-order valence-electron chi connectivity index (χ3n) is 2.13. The smallest absolute Gasteiger partial charge is 0.316 e. The molecule has 1 aromatic rings. The van der Waals surface area contributed by atoms with Crippen molar-refractivity contribution in [2.45, 2.75) is 51.4 Å². The Kier molecular flexibility index (Phi) is 4.65. The first-order valence-corrected chi connectivity index (χ1v) is 5.14. The first kappa shape index (κ1) is 12.1. The molecule has 0 aliphatic heterocycles. The van der Waals surface area contributed by atoms with E-state index in [1.807, 2.05) is 0 Å². The SMILES string of the molecule is CC(F)(F)CCCCCCc1n[c]on1. The fourth-order valence-corrected chi connectivity index (χ4v) is 1.34. The third kappa shape index (κ3) is 6.14. The van der Waals surface area contributed by atoms with Crippen LogP contribution in [0.15, 0.2) is 4.52 Å². The first-order chi connectivity index (χ1) is 7.08. The van der Waals surface area contributed by atoms with Crippen molar-refractivity contribution in [1.82, 2.24) is 10.1 Å². The Morgan fingerprint density at radius 2 is 2.00 bits per heavy atom. The Morgan fingerprint density at radius 3 is 2.60 bits per heavy atom. The monoisotopic (exact) mass is 217 g/mol. The summed E-state index contributed by atoms with van der Waals surface area (Å²) in [6.45, 7) is 0.960. The summed E-state index contributed by atoms with van der Waals surface area (Å²) in [5.74, 6) is -1.89. The maximum absolute atomic E-state index is 12.4. The maximum Gasteiger partial charge on any atom is 0.316 e. The van der Waals surface area contributed by atoms with E-state index in [1.54, 1.807) is 0 Å². The van der Waals surface area contributed by atoms with Crippen LogP contribution in [0.1, 0.15) is 44.9 Å². The second kappa shape index (κ2) is 5.78. The molecular weight excluding hydrogens is 202 g/mol. The van der Waals surface area contributed by atoms with Crippen LogP contribution in [-0.4, -0.2) is 16.1 Å². The summed E-state index contributed by atoms with van der Waals surface area (Å²) in [5, 5.41) is 3.61. The molecule has 1 aromatic heterocycles. The molecule has 1 radical (unpaired) electrons. The zero-order valence-corrected chi connectivity index (χ0v) is 8.80. The number of nitrogens with zero attached hydrogens (tertiary/aromatic N) is 2. The van der Waals surface area contributed by atoms with Crippen LogP contribution < -0.4 is 0 Å². The van der Waals surface area contributed by atoms with E-state index in [0.29, 0.717) is 12.2 Å². The number of aryl methyl sites for hydroxylation is 1. The van der Waals surface area contributed by atoms with Crippen molar-refractivity contribution in [3.8, 4) is 0 Å². The van der Waals surface area contributed by atoms with Gasteiger partial charge in [-0.1, -0.05) is 18.0 Å². The minimum atomic E-state index is -2.53. The molecule has 0 aliphatic rings. The highest BCUT2D eigenvalue weighted by atomic mass is 19.3. The summed E-state index contributed by atoms with van der Waals surface area (Å²) < 4.78 is 29.3. The number of unbranched alkanes of at least 4 members (excludes halogenated alkanes) is 3. The summed E-state index contributed by atoms with van der Waals surface area (Å²) in [6, 6.07) is 0. The van der Waals surface area contributed by atoms with Crippen LogP contribution in [-0.2, 0) is 6.42 Å². The van der Waals surface area contributed by atoms with Crippen LogP contribution in [0.25, 0.3) is 0 Å². The molecular formula is C10H15F2N2O. The highest BCUT2D eigenvalue weighted by Crippen LogP contribution is 2.20. The van der Waals surface area contributed by atoms with Crippen LogP contribution in [0.2, 0.25) is 0 Å². The van der Waals surface area contributed by atoms with Gasteiger partial charge in [-0.15, -0.1) is 0 Å². The molecule has 0 atom stereocenters. The highest BCUT2D eigenvalue weighted by Gasteiger charge is 2.19. The third-order valence-corrected chi connectivity index (χ3v) is 2.13. The van der Waals surface area contributed by atoms with E-state index < -0.39 is 5.92 Å². The first-order valence-electron chi connectivity index (χ1n) is 5.14. The van der Waals surface area contributed by atoms with Gasteiger partial charge in [0.1, 0.15) is 0 Å². The minimum absolute atomic E-state index is 0.0248. The Hall–Kier alpha value is -1.00. The fourth-order valence-electron chi connectivity index (χ4n) is 1.34. The van der Waals surface area contributed by atoms with Gasteiger partial charge < -0.3 is 4.52 Å². The number of alkyl halides is 2. The van der Waals surface area contributed by atoms with Crippen molar-refractivity contribution in [3.05, 3.63) is 12.2 Å². The average Bonchev–Trinajstić information content (AvgIpc) is 2.61. The van der Waals surface area contributed by atoms with Gasteiger partial charge in [-0.05, 0) is 19.8 Å². The standard InChI is InChI=1S/C10H15F2N2O/c1-10(11,12)7-5-3-2-4-6-9-13-8-15-14-9/h2-7H2,1H3. The number of aromatic nitrogens is 2. The Bertz CT molecular complexity index is 257. The molecule has 1 rings (SSSR count). The van der Waals surface area contributed by atoms with Crippen molar-refractivity contribution >= 4 is 0 Å². The van der Waals surface area contributed by atoms with E-state index in [-0.39, 0.29) is 6.42 Å². The van der Waals surface area contributed by atoms with Crippen LogP contribution >= 0.6 is 0 Å². The van der Waals surface area contributed by atoms with Crippen LogP contribution in [0.3, 0.4) is 0 Å². The summed E-state index contributed by atoms with van der Waals surface area (Å²) in [5.41, 5.74) is 0. The van der Waals surface area contributed by atoms with E-state index in [9.17, 15) is 8.78 Å². The average molecular weight is 217 g/mol. The topological polar surface area (TPSA) is 38.9 Å². The minimum Gasteiger partial charge on any atom is -0.329 e.